The van der Waals surface area contributed by atoms with Crippen LogP contribution in [0.1, 0.15) is 35.8 Å². The average molecular weight is 339 g/mol. The van der Waals surface area contributed by atoms with Crippen LogP contribution in [0, 0.1) is 0 Å². The molecule has 24 heavy (non-hydrogen) atoms. The Morgan fingerprint density at radius 2 is 2.08 bits per heavy atom. The first-order chi connectivity index (χ1) is 11.8. The van der Waals surface area contributed by atoms with Gasteiger partial charge in [-0.2, -0.15) is 4.37 Å². The van der Waals surface area contributed by atoms with Gasteiger partial charge in [0.15, 0.2) is 11.6 Å². The van der Waals surface area contributed by atoms with E-state index in [0.29, 0.717) is 18.9 Å². The smallest absolute Gasteiger partial charge is 0.173 e. The number of carbonyl (C=O) groups excluding carboxylic acids is 1. The molecule has 122 valence electrons. The molecule has 2 aromatic heterocycles. The number of aromatic amines is 1. The topological polar surface area (TPSA) is 67.9 Å². The number of nitrogens with zero attached hydrogens (tertiary/aromatic N) is 2. The van der Waals surface area contributed by atoms with E-state index in [9.17, 15) is 4.79 Å². The monoisotopic (exact) mass is 339 g/mol. The maximum atomic E-state index is 12.2. The van der Waals surface area contributed by atoms with Gasteiger partial charge in [-0.3, -0.25) is 4.79 Å². The predicted molar refractivity (Wildman–Crippen MR) is 93.6 cm³/mol. The van der Waals surface area contributed by atoms with Crippen molar-refractivity contribution in [1.82, 2.24) is 14.3 Å². The van der Waals surface area contributed by atoms with Crippen molar-refractivity contribution in [3.8, 4) is 27.7 Å². The normalized spacial score (nSPS) is 13.8. The Kier molecular flexibility index (Phi) is 3.90. The van der Waals surface area contributed by atoms with Gasteiger partial charge in [0, 0.05) is 35.0 Å². The highest BCUT2D eigenvalue weighted by Gasteiger charge is 2.25. The average Bonchev–Trinajstić information content (AvgIpc) is 3.23. The van der Waals surface area contributed by atoms with Gasteiger partial charge in [0.2, 0.25) is 0 Å². The van der Waals surface area contributed by atoms with E-state index in [2.05, 4.69) is 14.3 Å². The van der Waals surface area contributed by atoms with Crippen molar-refractivity contribution in [3.63, 3.8) is 0 Å². The van der Waals surface area contributed by atoms with E-state index in [0.717, 1.165) is 46.0 Å². The highest BCUT2D eigenvalue weighted by molar-refractivity contribution is 7.09. The highest BCUT2D eigenvalue weighted by Crippen LogP contribution is 2.34. The van der Waals surface area contributed by atoms with Crippen molar-refractivity contribution in [1.29, 1.82) is 0 Å². The summed E-state index contributed by atoms with van der Waals surface area (Å²) >= 11 is 1.33. The summed E-state index contributed by atoms with van der Waals surface area (Å²) in [6.45, 7) is 2.60. The fraction of sp³-hybridized carbons (Fsp3) is 0.278. The number of benzene rings is 1. The van der Waals surface area contributed by atoms with E-state index < -0.39 is 0 Å². The molecule has 0 saturated carbocycles. The largest absolute Gasteiger partial charge is 0.494 e. The van der Waals surface area contributed by atoms with Crippen LogP contribution in [0.15, 0.2) is 30.5 Å². The summed E-state index contributed by atoms with van der Waals surface area (Å²) in [4.78, 5) is 20.1. The number of Topliss-reactive ketones (excluding diaryl/α,β-unsaturated/α-hetero) is 1. The molecule has 0 saturated heterocycles. The summed E-state index contributed by atoms with van der Waals surface area (Å²) in [6.07, 6.45) is 4.34. The number of ether oxygens (including phenoxy) is 1. The lowest BCUT2D eigenvalue weighted by atomic mass is 9.94. The summed E-state index contributed by atoms with van der Waals surface area (Å²) in [6, 6.07) is 7.74. The molecule has 1 aliphatic rings. The SMILES string of the molecule is CCOc1ccc(-c2nsc(-c3c[nH]c4c3C(=O)CCC4)n2)cc1. The Morgan fingerprint density at radius 3 is 2.88 bits per heavy atom. The summed E-state index contributed by atoms with van der Waals surface area (Å²) in [5.74, 6) is 1.71. The van der Waals surface area contributed by atoms with Crippen LogP contribution in [0.4, 0.5) is 0 Å². The zero-order valence-corrected chi connectivity index (χ0v) is 14.2. The number of carbonyl (C=O) groups is 1. The molecule has 0 bridgehead atoms. The van der Waals surface area contributed by atoms with Gasteiger partial charge < -0.3 is 9.72 Å². The van der Waals surface area contributed by atoms with Gasteiger partial charge in [-0.05, 0) is 55.6 Å². The van der Waals surface area contributed by atoms with Crippen LogP contribution in [0.25, 0.3) is 22.0 Å². The Hall–Kier alpha value is -2.47. The van der Waals surface area contributed by atoms with E-state index in [-0.39, 0.29) is 5.78 Å². The Morgan fingerprint density at radius 1 is 1.25 bits per heavy atom. The van der Waals surface area contributed by atoms with Gasteiger partial charge in [0.1, 0.15) is 10.8 Å². The standard InChI is InChI=1S/C18H17N3O2S/c1-2-23-12-8-6-11(7-9-12)17-20-18(24-21-17)13-10-19-14-4-3-5-15(22)16(13)14/h6-10,19H,2-5H2,1H3. The molecule has 0 amide bonds. The fourth-order valence-electron chi connectivity index (χ4n) is 3.02. The molecular weight excluding hydrogens is 322 g/mol. The molecule has 0 fully saturated rings. The van der Waals surface area contributed by atoms with Gasteiger partial charge in [0.25, 0.3) is 0 Å². The molecule has 3 aromatic rings. The number of aryl methyl sites for hydroxylation is 1. The summed E-state index contributed by atoms with van der Waals surface area (Å²) in [5, 5.41) is 0.784. The molecule has 0 spiro atoms. The van der Waals surface area contributed by atoms with Crippen LogP contribution in [-0.4, -0.2) is 26.7 Å². The minimum atomic E-state index is 0.199. The number of aromatic nitrogens is 3. The number of nitrogens with one attached hydrogen (secondary N) is 1. The number of fused-ring (bicyclic) bond motifs is 1. The third kappa shape index (κ3) is 2.63. The Balaban J connectivity index is 1.66. The Bertz CT molecular complexity index is 880. The minimum absolute atomic E-state index is 0.199. The van der Waals surface area contributed by atoms with Gasteiger partial charge in [-0.15, -0.1) is 0 Å². The second-order valence-corrected chi connectivity index (χ2v) is 6.47. The number of rotatable bonds is 4. The molecule has 1 aromatic carbocycles. The van der Waals surface area contributed by atoms with Crippen LogP contribution in [-0.2, 0) is 6.42 Å². The van der Waals surface area contributed by atoms with Gasteiger partial charge in [-0.1, -0.05) is 0 Å². The zero-order valence-electron chi connectivity index (χ0n) is 13.3. The van der Waals surface area contributed by atoms with Crippen molar-refractivity contribution in [2.75, 3.05) is 6.61 Å². The minimum Gasteiger partial charge on any atom is -0.494 e. The van der Waals surface area contributed by atoms with Crippen molar-refractivity contribution in [2.24, 2.45) is 0 Å². The van der Waals surface area contributed by atoms with Crippen LogP contribution in [0.2, 0.25) is 0 Å². The van der Waals surface area contributed by atoms with Crippen molar-refractivity contribution in [2.45, 2.75) is 26.2 Å². The first kappa shape index (κ1) is 15.1. The molecule has 2 heterocycles. The molecule has 6 heteroatoms. The van der Waals surface area contributed by atoms with Gasteiger partial charge >= 0.3 is 0 Å². The summed E-state index contributed by atoms with van der Waals surface area (Å²) < 4.78 is 9.91. The summed E-state index contributed by atoms with van der Waals surface area (Å²) in [7, 11) is 0. The highest BCUT2D eigenvalue weighted by atomic mass is 32.1. The van der Waals surface area contributed by atoms with Crippen LogP contribution < -0.4 is 4.74 Å². The van der Waals surface area contributed by atoms with Crippen molar-refractivity contribution < 1.29 is 9.53 Å². The second kappa shape index (κ2) is 6.20. The van der Waals surface area contributed by atoms with Crippen LogP contribution >= 0.6 is 11.5 Å². The predicted octanol–water partition coefficient (Wildman–Crippen LogP) is 4.12. The van der Waals surface area contributed by atoms with Gasteiger partial charge in [0.05, 0.1) is 6.61 Å². The lowest BCUT2D eigenvalue weighted by molar-refractivity contribution is 0.0973. The lowest BCUT2D eigenvalue weighted by Gasteiger charge is -2.10. The maximum absolute atomic E-state index is 12.2. The van der Waals surface area contributed by atoms with E-state index in [1.54, 1.807) is 0 Å². The molecule has 1 aliphatic carbocycles. The number of H-pyrrole nitrogens is 1. The van der Waals surface area contributed by atoms with Crippen molar-refractivity contribution >= 4 is 17.3 Å². The third-order valence-electron chi connectivity index (χ3n) is 4.15. The fourth-order valence-corrected chi connectivity index (χ4v) is 3.72. The lowest BCUT2D eigenvalue weighted by Crippen LogP contribution is -2.09. The Labute approximate surface area is 143 Å². The summed E-state index contributed by atoms with van der Waals surface area (Å²) in [5.41, 5.74) is 3.65. The second-order valence-electron chi connectivity index (χ2n) is 5.71. The maximum Gasteiger partial charge on any atom is 0.173 e. The van der Waals surface area contributed by atoms with E-state index in [4.69, 9.17) is 4.74 Å². The molecule has 1 N–H and O–H groups in total. The van der Waals surface area contributed by atoms with E-state index >= 15 is 0 Å². The zero-order chi connectivity index (χ0) is 16.5. The van der Waals surface area contributed by atoms with Crippen LogP contribution in [0.5, 0.6) is 5.75 Å². The number of ketones is 1. The molecule has 4 rings (SSSR count). The quantitative estimate of drug-likeness (QED) is 0.776. The molecule has 0 atom stereocenters. The molecule has 0 radical (unpaired) electrons. The molecule has 0 aliphatic heterocycles. The molecule has 0 unspecified atom stereocenters. The van der Waals surface area contributed by atoms with E-state index in [1.165, 1.54) is 11.5 Å². The molecule has 5 nitrogen and oxygen atoms in total. The van der Waals surface area contributed by atoms with Crippen LogP contribution in [0.3, 0.4) is 0 Å². The first-order valence-corrected chi connectivity index (χ1v) is 8.84. The third-order valence-corrected chi connectivity index (χ3v) is 4.90. The van der Waals surface area contributed by atoms with E-state index in [1.807, 2.05) is 37.4 Å². The number of hydrogen-bond acceptors (Lipinski definition) is 5. The molecular formula is C18H17N3O2S. The van der Waals surface area contributed by atoms with Crippen molar-refractivity contribution in [3.05, 3.63) is 41.7 Å². The number of hydrogen-bond donors (Lipinski definition) is 1. The first-order valence-electron chi connectivity index (χ1n) is 8.07. The van der Waals surface area contributed by atoms with Gasteiger partial charge in [-0.25, -0.2) is 4.98 Å².